The summed E-state index contributed by atoms with van der Waals surface area (Å²) in [6, 6.07) is 9.48. The van der Waals surface area contributed by atoms with Crippen molar-refractivity contribution in [3.05, 3.63) is 68.7 Å². The van der Waals surface area contributed by atoms with Gasteiger partial charge in [0.25, 0.3) is 5.91 Å². The molecule has 0 saturated carbocycles. The number of rotatable bonds is 2. The monoisotopic (exact) mass is 390 g/mol. The molecule has 0 bridgehead atoms. The minimum absolute atomic E-state index is 0.225. The fourth-order valence-electron chi connectivity index (χ4n) is 2.34. The predicted molar refractivity (Wildman–Crippen MR) is 99.7 cm³/mol. The molecule has 1 heterocycles. The van der Waals surface area contributed by atoms with E-state index in [-0.39, 0.29) is 5.84 Å². The zero-order valence-corrected chi connectivity index (χ0v) is 14.8. The number of nitrogens with zero attached hydrogens (tertiary/aromatic N) is 3. The summed E-state index contributed by atoms with van der Waals surface area (Å²) in [7, 11) is 0. The molecular weight excluding hydrogens is 383 g/mol. The molecule has 2 aromatic rings. The van der Waals surface area contributed by atoms with E-state index in [0.29, 0.717) is 37.6 Å². The maximum Gasteiger partial charge on any atom is 0.266 e. The first-order chi connectivity index (χ1) is 11.9. The highest BCUT2D eigenvalue weighted by atomic mass is 35.5. The number of hydrogen-bond donors (Lipinski definition) is 1. The Labute approximate surface area is 158 Å². The van der Waals surface area contributed by atoms with E-state index < -0.39 is 5.91 Å². The van der Waals surface area contributed by atoms with Gasteiger partial charge < -0.3 is 5.73 Å². The Bertz CT molecular complexity index is 975. The highest BCUT2D eigenvalue weighted by Gasteiger charge is 2.23. The second kappa shape index (κ2) is 6.77. The Balaban J connectivity index is 1.99. The second-order valence-electron chi connectivity index (χ2n) is 5.09. The van der Waals surface area contributed by atoms with E-state index in [0.717, 1.165) is 4.90 Å². The van der Waals surface area contributed by atoms with Gasteiger partial charge in [0.05, 0.1) is 21.4 Å². The lowest BCUT2D eigenvalue weighted by Gasteiger charge is -2.12. The Hall–Kier alpha value is -2.52. The molecule has 25 heavy (non-hydrogen) atoms. The first-order valence-electron chi connectivity index (χ1n) is 6.95. The third-order valence-electron chi connectivity index (χ3n) is 3.52. The van der Waals surface area contributed by atoms with Crippen LogP contribution >= 0.6 is 34.8 Å². The van der Waals surface area contributed by atoms with E-state index in [1.54, 1.807) is 36.4 Å². The number of anilines is 1. The summed E-state index contributed by atoms with van der Waals surface area (Å²) in [5.74, 6) is -0.349. The number of amidine groups is 1. The van der Waals surface area contributed by atoms with Crippen molar-refractivity contribution in [2.45, 2.75) is 0 Å². The molecular formula is C17H9Cl3N4O. The van der Waals surface area contributed by atoms with Crippen LogP contribution < -0.4 is 10.6 Å². The molecule has 0 saturated heterocycles. The summed E-state index contributed by atoms with van der Waals surface area (Å²) in [5, 5.41) is 10.5. The SMILES string of the molecule is N#CN(C(=O)C=C1N=C(N)c2cc(Cl)c(Cl)cc21)c1ccc(Cl)cc1. The first-order valence-corrected chi connectivity index (χ1v) is 8.09. The number of benzene rings is 2. The molecule has 8 heteroatoms. The average molecular weight is 392 g/mol. The molecule has 5 nitrogen and oxygen atoms in total. The molecule has 124 valence electrons. The Morgan fingerprint density at radius 1 is 1.12 bits per heavy atom. The van der Waals surface area contributed by atoms with Crippen molar-refractivity contribution in [2.24, 2.45) is 10.7 Å². The van der Waals surface area contributed by atoms with Crippen LogP contribution in [0.4, 0.5) is 5.69 Å². The van der Waals surface area contributed by atoms with Crippen LogP contribution in [0.15, 0.2) is 47.5 Å². The van der Waals surface area contributed by atoms with Crippen molar-refractivity contribution in [1.82, 2.24) is 0 Å². The van der Waals surface area contributed by atoms with Crippen molar-refractivity contribution in [2.75, 3.05) is 4.90 Å². The molecule has 2 N–H and O–H groups in total. The Morgan fingerprint density at radius 3 is 2.32 bits per heavy atom. The van der Waals surface area contributed by atoms with Crippen molar-refractivity contribution < 1.29 is 4.79 Å². The standard InChI is InChI=1S/C17H9Cl3N4O/c18-9-1-3-10(4-2-9)24(8-21)16(25)7-15-11-5-13(19)14(20)6-12(11)17(22)23-15/h1-7H,(H2,22,23). The van der Waals surface area contributed by atoms with Gasteiger partial charge in [-0.2, -0.15) is 5.26 Å². The predicted octanol–water partition coefficient (Wildman–Crippen LogP) is 4.22. The van der Waals surface area contributed by atoms with Gasteiger partial charge in [-0.1, -0.05) is 34.8 Å². The van der Waals surface area contributed by atoms with Crippen LogP contribution in [0.5, 0.6) is 0 Å². The van der Waals surface area contributed by atoms with Crippen LogP contribution in [0.2, 0.25) is 15.1 Å². The second-order valence-corrected chi connectivity index (χ2v) is 6.34. The zero-order chi connectivity index (χ0) is 18.1. The summed E-state index contributed by atoms with van der Waals surface area (Å²) in [6.07, 6.45) is 3.06. The number of carbonyl (C=O) groups excluding carboxylic acids is 1. The molecule has 0 radical (unpaired) electrons. The van der Waals surface area contributed by atoms with Crippen molar-refractivity contribution in [3.8, 4) is 6.19 Å². The number of hydrogen-bond acceptors (Lipinski definition) is 4. The molecule has 1 amide bonds. The fraction of sp³-hybridized carbons (Fsp3) is 0. The number of amides is 1. The quantitative estimate of drug-likeness (QED) is 0.472. The van der Waals surface area contributed by atoms with E-state index in [2.05, 4.69) is 4.99 Å². The van der Waals surface area contributed by atoms with Crippen LogP contribution in [0.3, 0.4) is 0 Å². The van der Waals surface area contributed by atoms with Crippen molar-refractivity contribution in [1.29, 1.82) is 5.26 Å². The van der Waals surface area contributed by atoms with Gasteiger partial charge in [-0.05, 0) is 36.4 Å². The van der Waals surface area contributed by atoms with Gasteiger partial charge in [0.15, 0.2) is 6.19 Å². The number of carbonyl (C=O) groups is 1. The summed E-state index contributed by atoms with van der Waals surface area (Å²) in [4.78, 5) is 17.6. The number of nitriles is 1. The maximum absolute atomic E-state index is 12.5. The first kappa shape index (κ1) is 17.3. The van der Waals surface area contributed by atoms with Gasteiger partial charge in [-0.25, -0.2) is 9.89 Å². The summed E-state index contributed by atoms with van der Waals surface area (Å²) in [5.41, 5.74) is 7.73. The summed E-state index contributed by atoms with van der Waals surface area (Å²) < 4.78 is 0. The van der Waals surface area contributed by atoms with E-state index in [1.807, 2.05) is 6.19 Å². The number of aliphatic imine (C=N–C) groups is 1. The molecule has 0 unspecified atom stereocenters. The molecule has 0 aromatic heterocycles. The Kier molecular flexibility index (Phi) is 4.69. The van der Waals surface area contributed by atoms with Crippen LogP contribution in [-0.2, 0) is 4.79 Å². The summed E-state index contributed by atoms with van der Waals surface area (Å²) in [6.45, 7) is 0. The van der Waals surface area contributed by atoms with E-state index >= 15 is 0 Å². The number of halogens is 3. The summed E-state index contributed by atoms with van der Waals surface area (Å²) >= 11 is 17.8. The minimum Gasteiger partial charge on any atom is -0.383 e. The maximum atomic E-state index is 12.5. The van der Waals surface area contributed by atoms with Crippen LogP contribution in [0.1, 0.15) is 11.1 Å². The van der Waals surface area contributed by atoms with Gasteiger partial charge in [0.2, 0.25) is 0 Å². The largest absolute Gasteiger partial charge is 0.383 e. The molecule has 0 aliphatic carbocycles. The fourth-order valence-corrected chi connectivity index (χ4v) is 2.79. The minimum atomic E-state index is -0.574. The smallest absolute Gasteiger partial charge is 0.266 e. The van der Waals surface area contributed by atoms with Crippen LogP contribution in [0.25, 0.3) is 5.70 Å². The zero-order valence-electron chi connectivity index (χ0n) is 12.5. The molecule has 1 aliphatic heterocycles. The molecule has 3 rings (SSSR count). The van der Waals surface area contributed by atoms with Gasteiger partial charge in [0.1, 0.15) is 5.84 Å². The normalized spacial score (nSPS) is 14.0. The topological polar surface area (TPSA) is 82.5 Å². The lowest BCUT2D eigenvalue weighted by atomic mass is 10.1. The number of nitrogens with two attached hydrogens (primary N) is 1. The highest BCUT2D eigenvalue weighted by Crippen LogP contribution is 2.34. The third-order valence-corrected chi connectivity index (χ3v) is 4.49. The molecule has 1 aliphatic rings. The van der Waals surface area contributed by atoms with E-state index in [9.17, 15) is 10.1 Å². The highest BCUT2D eigenvalue weighted by molar-refractivity contribution is 6.42. The van der Waals surface area contributed by atoms with Gasteiger partial charge in [-0.15, -0.1) is 0 Å². The van der Waals surface area contributed by atoms with Crippen LogP contribution in [-0.4, -0.2) is 11.7 Å². The van der Waals surface area contributed by atoms with E-state index in [1.165, 1.54) is 6.08 Å². The molecule has 0 fully saturated rings. The molecule has 0 spiro atoms. The number of fused-ring (bicyclic) bond motifs is 1. The van der Waals surface area contributed by atoms with Crippen LogP contribution in [0, 0.1) is 11.5 Å². The van der Waals surface area contributed by atoms with Crippen molar-refractivity contribution >= 4 is 57.9 Å². The van der Waals surface area contributed by atoms with Gasteiger partial charge >= 0.3 is 0 Å². The Morgan fingerprint density at radius 2 is 1.72 bits per heavy atom. The van der Waals surface area contributed by atoms with E-state index in [4.69, 9.17) is 40.5 Å². The van der Waals surface area contributed by atoms with Crippen molar-refractivity contribution in [3.63, 3.8) is 0 Å². The van der Waals surface area contributed by atoms with Gasteiger partial charge in [0, 0.05) is 22.2 Å². The van der Waals surface area contributed by atoms with Gasteiger partial charge in [-0.3, -0.25) is 4.79 Å². The third kappa shape index (κ3) is 3.33. The molecule has 2 aromatic carbocycles. The average Bonchev–Trinajstić information content (AvgIpc) is 2.86. The lowest BCUT2D eigenvalue weighted by molar-refractivity contribution is -0.113. The molecule has 0 atom stereocenters. The lowest BCUT2D eigenvalue weighted by Crippen LogP contribution is -2.23.